The van der Waals surface area contributed by atoms with Crippen LogP contribution in [0.25, 0.3) is 0 Å². The lowest BCUT2D eigenvalue weighted by molar-refractivity contribution is -0.914. The Morgan fingerprint density at radius 3 is 2.56 bits per heavy atom. The van der Waals surface area contributed by atoms with E-state index in [1.807, 2.05) is 25.1 Å². The van der Waals surface area contributed by atoms with E-state index in [0.29, 0.717) is 5.56 Å². The number of hydrogen-bond donors (Lipinski definition) is 2. The van der Waals surface area contributed by atoms with Crippen LogP contribution in [-0.4, -0.2) is 45.2 Å². The summed E-state index contributed by atoms with van der Waals surface area (Å²) < 4.78 is 5.31. The number of piperazine rings is 1. The van der Waals surface area contributed by atoms with Crippen molar-refractivity contribution in [1.82, 2.24) is 0 Å². The van der Waals surface area contributed by atoms with E-state index in [1.165, 1.54) is 4.90 Å². The van der Waals surface area contributed by atoms with Crippen LogP contribution in [0.3, 0.4) is 0 Å². The van der Waals surface area contributed by atoms with E-state index in [-0.39, 0.29) is 11.9 Å². The van der Waals surface area contributed by atoms with Crippen LogP contribution < -0.4 is 19.9 Å². The number of carbonyl (C=O) groups is 1. The summed E-state index contributed by atoms with van der Waals surface area (Å²) in [6, 6.07) is 17.0. The Bertz CT molecular complexity index is 821. The summed E-state index contributed by atoms with van der Waals surface area (Å²) in [7, 11) is 1.68. The molecule has 1 saturated heterocycles. The summed E-state index contributed by atoms with van der Waals surface area (Å²) in [6.07, 6.45) is 0. The third-order valence-corrected chi connectivity index (χ3v) is 5.11. The predicted molar refractivity (Wildman–Crippen MR) is 105 cm³/mol. The number of benzene rings is 2. The molecule has 1 aliphatic heterocycles. The summed E-state index contributed by atoms with van der Waals surface area (Å²) in [5.41, 5.74) is 2.46. The molecule has 140 valence electrons. The Labute approximate surface area is 160 Å². The number of hydrogen-bond acceptors (Lipinski definition) is 4. The monoisotopic (exact) mass is 365 g/mol. The van der Waals surface area contributed by atoms with Crippen molar-refractivity contribution in [3.8, 4) is 11.8 Å². The number of carbonyl (C=O) groups excluding carboxylic acids is 1. The first-order chi connectivity index (χ1) is 13.1. The second-order valence-electron chi connectivity index (χ2n) is 6.75. The van der Waals surface area contributed by atoms with Gasteiger partial charge in [0, 0.05) is 17.4 Å². The number of methoxy groups -OCH3 is 1. The quantitative estimate of drug-likeness (QED) is 0.838. The van der Waals surface area contributed by atoms with Crippen molar-refractivity contribution in [3.05, 3.63) is 54.1 Å². The SMILES string of the molecule is COc1cccc(N2CC[NH+]([C@H](C)C(=O)Nc3ccc(C#N)cc3)CC2)c1. The molecule has 1 amide bonds. The number of ether oxygens (including phenoxy) is 1. The summed E-state index contributed by atoms with van der Waals surface area (Å²) in [5.74, 6) is 0.863. The number of amides is 1. The predicted octanol–water partition coefficient (Wildman–Crippen LogP) is 1.30. The number of quaternary nitrogens is 1. The molecule has 6 heteroatoms. The molecule has 3 rings (SSSR count). The van der Waals surface area contributed by atoms with E-state index in [1.54, 1.807) is 31.4 Å². The topological polar surface area (TPSA) is 69.8 Å². The normalized spacial score (nSPS) is 15.7. The molecule has 0 aliphatic carbocycles. The number of nitrogens with one attached hydrogen (secondary N) is 2. The smallest absolute Gasteiger partial charge is 0.282 e. The molecule has 0 spiro atoms. The van der Waals surface area contributed by atoms with Crippen LogP contribution in [0.15, 0.2) is 48.5 Å². The molecule has 1 aliphatic rings. The second-order valence-corrected chi connectivity index (χ2v) is 6.75. The standard InChI is InChI=1S/C21H24N4O2/c1-16(21(26)23-18-8-6-17(15-22)7-9-18)24-10-12-25(13-11-24)19-4-3-5-20(14-19)27-2/h3-9,14,16H,10-13H2,1-2H3,(H,23,26)/p+1/t16-/m1/s1. The fourth-order valence-corrected chi connectivity index (χ4v) is 3.36. The fraction of sp³-hybridized carbons (Fsp3) is 0.333. The fourth-order valence-electron chi connectivity index (χ4n) is 3.36. The summed E-state index contributed by atoms with van der Waals surface area (Å²) in [5, 5.41) is 11.8. The zero-order chi connectivity index (χ0) is 19.2. The van der Waals surface area contributed by atoms with Crippen molar-refractivity contribution in [1.29, 1.82) is 5.26 Å². The zero-order valence-corrected chi connectivity index (χ0v) is 15.7. The van der Waals surface area contributed by atoms with Gasteiger partial charge >= 0.3 is 0 Å². The molecule has 2 aromatic carbocycles. The molecular formula is C21H25N4O2+. The summed E-state index contributed by atoms with van der Waals surface area (Å²) in [6.45, 7) is 5.57. The van der Waals surface area contributed by atoms with Crippen LogP contribution in [0.5, 0.6) is 5.75 Å². The molecule has 0 bridgehead atoms. The van der Waals surface area contributed by atoms with Gasteiger partial charge in [-0.2, -0.15) is 5.26 Å². The Morgan fingerprint density at radius 2 is 1.93 bits per heavy atom. The Kier molecular flexibility index (Phi) is 5.94. The highest BCUT2D eigenvalue weighted by Gasteiger charge is 2.29. The van der Waals surface area contributed by atoms with E-state index in [0.717, 1.165) is 43.3 Å². The molecule has 27 heavy (non-hydrogen) atoms. The molecular weight excluding hydrogens is 340 g/mol. The number of rotatable bonds is 5. The summed E-state index contributed by atoms with van der Waals surface area (Å²) >= 11 is 0. The van der Waals surface area contributed by atoms with Crippen LogP contribution in [-0.2, 0) is 4.79 Å². The lowest BCUT2D eigenvalue weighted by atomic mass is 10.1. The lowest BCUT2D eigenvalue weighted by Gasteiger charge is -2.36. The number of anilines is 2. The van der Waals surface area contributed by atoms with Gasteiger partial charge in [0.15, 0.2) is 6.04 Å². The van der Waals surface area contributed by atoms with E-state index in [2.05, 4.69) is 22.4 Å². The van der Waals surface area contributed by atoms with Gasteiger partial charge in [0.1, 0.15) is 5.75 Å². The van der Waals surface area contributed by atoms with Crippen LogP contribution in [0.1, 0.15) is 12.5 Å². The van der Waals surface area contributed by atoms with Gasteiger partial charge in [-0.1, -0.05) is 6.07 Å². The minimum absolute atomic E-state index is 0.00420. The van der Waals surface area contributed by atoms with Crippen LogP contribution in [0, 0.1) is 11.3 Å². The van der Waals surface area contributed by atoms with E-state index in [4.69, 9.17) is 10.00 Å². The van der Waals surface area contributed by atoms with E-state index < -0.39 is 0 Å². The first kappa shape index (κ1) is 18.7. The molecule has 0 saturated carbocycles. The maximum Gasteiger partial charge on any atom is 0.282 e. The molecule has 1 heterocycles. The van der Waals surface area contributed by atoms with Crippen molar-refractivity contribution in [2.24, 2.45) is 0 Å². The highest BCUT2D eigenvalue weighted by Crippen LogP contribution is 2.20. The summed E-state index contributed by atoms with van der Waals surface area (Å²) in [4.78, 5) is 16.2. The molecule has 1 atom stereocenters. The van der Waals surface area contributed by atoms with Crippen LogP contribution >= 0.6 is 0 Å². The lowest BCUT2D eigenvalue weighted by Crippen LogP contribution is -3.19. The first-order valence-electron chi connectivity index (χ1n) is 9.15. The largest absolute Gasteiger partial charge is 0.497 e. The van der Waals surface area contributed by atoms with Crippen molar-refractivity contribution in [2.75, 3.05) is 43.5 Å². The maximum atomic E-state index is 12.6. The van der Waals surface area contributed by atoms with Crippen molar-refractivity contribution in [2.45, 2.75) is 13.0 Å². The second kappa shape index (κ2) is 8.56. The average Bonchev–Trinajstić information content (AvgIpc) is 2.74. The Balaban J connectivity index is 1.54. The van der Waals surface area contributed by atoms with Gasteiger partial charge in [0.25, 0.3) is 5.91 Å². The average molecular weight is 365 g/mol. The minimum Gasteiger partial charge on any atom is -0.497 e. The van der Waals surface area contributed by atoms with Gasteiger partial charge in [-0.25, -0.2) is 0 Å². The van der Waals surface area contributed by atoms with Crippen molar-refractivity contribution in [3.63, 3.8) is 0 Å². The number of nitrogens with zero attached hydrogens (tertiary/aromatic N) is 2. The highest BCUT2D eigenvalue weighted by atomic mass is 16.5. The molecule has 0 aromatic heterocycles. The molecule has 0 radical (unpaired) electrons. The zero-order valence-electron chi connectivity index (χ0n) is 15.7. The van der Waals surface area contributed by atoms with Gasteiger partial charge in [0.2, 0.25) is 0 Å². The third-order valence-electron chi connectivity index (χ3n) is 5.11. The Hall–Kier alpha value is -3.04. The van der Waals surface area contributed by atoms with Gasteiger partial charge in [0.05, 0.1) is 44.9 Å². The van der Waals surface area contributed by atoms with Crippen LogP contribution in [0.2, 0.25) is 0 Å². The van der Waals surface area contributed by atoms with Gasteiger partial charge in [-0.05, 0) is 43.3 Å². The number of nitriles is 1. The van der Waals surface area contributed by atoms with Crippen molar-refractivity contribution < 1.29 is 14.4 Å². The maximum absolute atomic E-state index is 12.6. The molecule has 1 fully saturated rings. The van der Waals surface area contributed by atoms with E-state index in [9.17, 15) is 4.79 Å². The first-order valence-corrected chi connectivity index (χ1v) is 9.15. The Morgan fingerprint density at radius 1 is 1.22 bits per heavy atom. The third kappa shape index (κ3) is 4.57. The van der Waals surface area contributed by atoms with Crippen LogP contribution in [0.4, 0.5) is 11.4 Å². The molecule has 0 unspecified atom stereocenters. The highest BCUT2D eigenvalue weighted by molar-refractivity contribution is 5.93. The van der Waals surface area contributed by atoms with Crippen molar-refractivity contribution >= 4 is 17.3 Å². The van der Waals surface area contributed by atoms with Gasteiger partial charge in [-0.15, -0.1) is 0 Å². The minimum atomic E-state index is -0.131. The molecule has 2 aromatic rings. The van der Waals surface area contributed by atoms with Gasteiger partial charge in [-0.3, -0.25) is 4.79 Å². The molecule has 6 nitrogen and oxygen atoms in total. The van der Waals surface area contributed by atoms with E-state index >= 15 is 0 Å². The van der Waals surface area contributed by atoms with Gasteiger partial charge < -0.3 is 19.9 Å². The molecule has 2 N–H and O–H groups in total.